The van der Waals surface area contributed by atoms with E-state index in [1.54, 1.807) is 6.92 Å². The second-order valence-electron chi connectivity index (χ2n) is 3.42. The first-order chi connectivity index (χ1) is 4.51. The van der Waals surface area contributed by atoms with Crippen molar-refractivity contribution in [3.63, 3.8) is 0 Å². The van der Waals surface area contributed by atoms with Crippen LogP contribution in [0.4, 0.5) is 0 Å². The fraction of sp³-hybridized carbons (Fsp3) is 0.875. The van der Waals surface area contributed by atoms with Gasteiger partial charge in [0.2, 0.25) is 0 Å². The van der Waals surface area contributed by atoms with Crippen LogP contribution in [0.25, 0.3) is 0 Å². The maximum atomic E-state index is 11.1. The topological polar surface area (TPSA) is 17.1 Å². The molecule has 0 amide bonds. The molecular formula is C8H13BrO. The van der Waals surface area contributed by atoms with Crippen molar-refractivity contribution in [1.82, 2.24) is 0 Å². The second-order valence-corrected chi connectivity index (χ2v) is 4.53. The third kappa shape index (κ3) is 0.931. The molecule has 58 valence electrons. The van der Waals surface area contributed by atoms with Gasteiger partial charge in [-0.1, -0.05) is 29.8 Å². The number of rotatable bonds is 2. The third-order valence-corrected chi connectivity index (χ3v) is 3.74. The van der Waals surface area contributed by atoms with Crippen LogP contribution in [-0.4, -0.2) is 10.6 Å². The smallest absolute Gasteiger partial charge is 0.137 e. The predicted molar refractivity (Wildman–Crippen MR) is 45.3 cm³/mol. The summed E-state index contributed by atoms with van der Waals surface area (Å²) in [6.07, 6.45) is 1.03. The molecule has 0 radical (unpaired) electrons. The summed E-state index contributed by atoms with van der Waals surface area (Å²) < 4.78 is 0. The molecular weight excluding hydrogens is 192 g/mol. The number of hydrogen-bond donors (Lipinski definition) is 0. The van der Waals surface area contributed by atoms with E-state index in [1.807, 2.05) is 0 Å². The summed E-state index contributed by atoms with van der Waals surface area (Å²) in [6, 6.07) is 0. The largest absolute Gasteiger partial charge is 0.299 e. The van der Waals surface area contributed by atoms with Gasteiger partial charge in [0.15, 0.2) is 0 Å². The molecule has 1 fully saturated rings. The summed E-state index contributed by atoms with van der Waals surface area (Å²) in [6.45, 7) is 5.92. The van der Waals surface area contributed by atoms with Crippen molar-refractivity contribution in [3.05, 3.63) is 0 Å². The number of hydrogen-bond acceptors (Lipinski definition) is 1. The first-order valence-electron chi connectivity index (χ1n) is 3.67. The summed E-state index contributed by atoms with van der Waals surface area (Å²) in [5.41, 5.74) is -0.0139. The van der Waals surface area contributed by atoms with Crippen LogP contribution in [0.1, 0.15) is 27.2 Å². The van der Waals surface area contributed by atoms with Gasteiger partial charge in [-0.3, -0.25) is 4.79 Å². The zero-order valence-corrected chi connectivity index (χ0v) is 8.23. The quantitative estimate of drug-likeness (QED) is 0.632. The molecule has 0 aromatic rings. The lowest BCUT2D eigenvalue weighted by atomic mass is 9.89. The van der Waals surface area contributed by atoms with Crippen LogP contribution in [0.15, 0.2) is 0 Å². The van der Waals surface area contributed by atoms with Crippen LogP contribution in [0, 0.1) is 11.3 Å². The van der Waals surface area contributed by atoms with E-state index < -0.39 is 0 Å². The number of carbonyl (C=O) groups excluding carboxylic acids is 1. The van der Waals surface area contributed by atoms with Crippen LogP contribution < -0.4 is 0 Å². The van der Waals surface area contributed by atoms with Crippen LogP contribution in [0.2, 0.25) is 0 Å². The van der Waals surface area contributed by atoms with Gasteiger partial charge in [-0.15, -0.1) is 0 Å². The van der Waals surface area contributed by atoms with Crippen LogP contribution >= 0.6 is 15.9 Å². The highest BCUT2D eigenvalue weighted by atomic mass is 79.9. The number of alkyl halides is 1. The Labute approximate surface area is 70.3 Å². The van der Waals surface area contributed by atoms with E-state index in [0.717, 1.165) is 6.42 Å². The molecule has 1 saturated carbocycles. The second kappa shape index (κ2) is 2.33. The SMILES string of the molecule is CC(=O)[C@@]1(C(C)C)C[C@@H]1Br. The highest BCUT2D eigenvalue weighted by Gasteiger charge is 2.58. The minimum absolute atomic E-state index is 0.0139. The Hall–Kier alpha value is 0.150. The van der Waals surface area contributed by atoms with E-state index in [9.17, 15) is 4.79 Å². The summed E-state index contributed by atoms with van der Waals surface area (Å²) >= 11 is 3.49. The lowest BCUT2D eigenvalue weighted by Crippen LogP contribution is -2.21. The van der Waals surface area contributed by atoms with Gasteiger partial charge in [-0.05, 0) is 19.3 Å². The molecule has 0 aliphatic heterocycles. The molecule has 1 nitrogen and oxygen atoms in total. The zero-order valence-electron chi connectivity index (χ0n) is 6.65. The minimum Gasteiger partial charge on any atom is -0.299 e. The van der Waals surface area contributed by atoms with E-state index in [0.29, 0.717) is 16.5 Å². The zero-order chi connectivity index (χ0) is 7.94. The van der Waals surface area contributed by atoms with E-state index >= 15 is 0 Å². The molecule has 2 heteroatoms. The van der Waals surface area contributed by atoms with Gasteiger partial charge < -0.3 is 0 Å². The molecule has 0 unspecified atom stereocenters. The minimum atomic E-state index is -0.0139. The number of carbonyl (C=O) groups is 1. The molecule has 2 atom stereocenters. The van der Waals surface area contributed by atoms with E-state index in [-0.39, 0.29) is 5.41 Å². The molecule has 1 aliphatic carbocycles. The third-order valence-electron chi connectivity index (χ3n) is 2.60. The summed E-state index contributed by atoms with van der Waals surface area (Å²) in [5, 5.41) is 0. The van der Waals surface area contributed by atoms with Crippen LogP contribution in [0.5, 0.6) is 0 Å². The highest BCUT2D eigenvalue weighted by molar-refractivity contribution is 9.09. The Bertz CT molecular complexity index is 165. The number of Topliss-reactive ketones (excluding diaryl/α,β-unsaturated/α-hetero) is 1. The monoisotopic (exact) mass is 204 g/mol. The van der Waals surface area contributed by atoms with E-state index in [4.69, 9.17) is 0 Å². The van der Waals surface area contributed by atoms with Crippen molar-refractivity contribution in [1.29, 1.82) is 0 Å². The van der Waals surface area contributed by atoms with Gasteiger partial charge >= 0.3 is 0 Å². The average molecular weight is 205 g/mol. The normalized spacial score (nSPS) is 38.3. The Morgan fingerprint density at radius 2 is 2.10 bits per heavy atom. The molecule has 10 heavy (non-hydrogen) atoms. The molecule has 0 spiro atoms. The van der Waals surface area contributed by atoms with Crippen molar-refractivity contribution in [3.8, 4) is 0 Å². The van der Waals surface area contributed by atoms with Crippen molar-refractivity contribution in [2.75, 3.05) is 0 Å². The van der Waals surface area contributed by atoms with Gasteiger partial charge in [-0.25, -0.2) is 0 Å². The van der Waals surface area contributed by atoms with Gasteiger partial charge in [0, 0.05) is 10.2 Å². The van der Waals surface area contributed by atoms with Crippen LogP contribution in [-0.2, 0) is 4.79 Å². The standard InChI is InChI=1S/C8H13BrO/c1-5(2)8(6(3)10)4-7(8)9/h5,7H,4H2,1-3H3/t7-,8-/m0/s1. The lowest BCUT2D eigenvalue weighted by molar-refractivity contribution is -0.123. The first-order valence-corrected chi connectivity index (χ1v) is 4.58. The maximum Gasteiger partial charge on any atom is 0.137 e. The average Bonchev–Trinajstić information content (AvgIpc) is 2.42. The van der Waals surface area contributed by atoms with Gasteiger partial charge in [0.05, 0.1) is 0 Å². The highest BCUT2D eigenvalue weighted by Crippen LogP contribution is 2.57. The van der Waals surface area contributed by atoms with Crippen molar-refractivity contribution in [2.45, 2.75) is 32.0 Å². The van der Waals surface area contributed by atoms with Gasteiger partial charge in [-0.2, -0.15) is 0 Å². The van der Waals surface area contributed by atoms with Crippen molar-refractivity contribution in [2.24, 2.45) is 11.3 Å². The van der Waals surface area contributed by atoms with Crippen molar-refractivity contribution < 1.29 is 4.79 Å². The molecule has 0 N–H and O–H groups in total. The van der Waals surface area contributed by atoms with Gasteiger partial charge in [0.25, 0.3) is 0 Å². The molecule has 0 heterocycles. The van der Waals surface area contributed by atoms with E-state index in [2.05, 4.69) is 29.8 Å². The summed E-state index contributed by atoms with van der Waals surface area (Å²) in [4.78, 5) is 11.6. The number of halogens is 1. The fourth-order valence-corrected chi connectivity index (χ4v) is 2.99. The molecule has 1 aliphatic rings. The van der Waals surface area contributed by atoms with Gasteiger partial charge in [0.1, 0.15) is 5.78 Å². The first kappa shape index (κ1) is 8.25. The predicted octanol–water partition coefficient (Wildman–Crippen LogP) is 2.39. The fourth-order valence-electron chi connectivity index (χ4n) is 1.61. The Balaban J connectivity index is 2.73. The van der Waals surface area contributed by atoms with Crippen molar-refractivity contribution >= 4 is 21.7 Å². The Morgan fingerprint density at radius 3 is 2.10 bits per heavy atom. The Kier molecular flexibility index (Phi) is 1.92. The molecule has 1 rings (SSSR count). The molecule has 0 bridgehead atoms. The Morgan fingerprint density at radius 1 is 1.70 bits per heavy atom. The molecule has 0 aromatic heterocycles. The number of ketones is 1. The molecule has 0 aromatic carbocycles. The lowest BCUT2D eigenvalue weighted by Gasteiger charge is -2.15. The maximum absolute atomic E-state index is 11.1. The molecule has 0 saturated heterocycles. The van der Waals surface area contributed by atoms with Crippen LogP contribution in [0.3, 0.4) is 0 Å². The summed E-state index contributed by atoms with van der Waals surface area (Å²) in [5.74, 6) is 0.818. The summed E-state index contributed by atoms with van der Waals surface area (Å²) in [7, 11) is 0. The van der Waals surface area contributed by atoms with E-state index in [1.165, 1.54) is 0 Å².